The zero-order valence-electron chi connectivity index (χ0n) is 16.9. The third-order valence-electron chi connectivity index (χ3n) is 5.76. The SMILES string of the molecule is CC(=O)N1c2ccc(C)cc2[C@H](Nc2ccc(N3CCOCC3)cc2)C[C@@H]1C. The molecule has 2 aliphatic rings. The zero-order chi connectivity index (χ0) is 19.7. The van der Waals surface area contributed by atoms with Crippen LogP contribution in [0.1, 0.15) is 37.4 Å². The van der Waals surface area contributed by atoms with Crippen LogP contribution in [-0.4, -0.2) is 38.3 Å². The third-order valence-corrected chi connectivity index (χ3v) is 5.76. The summed E-state index contributed by atoms with van der Waals surface area (Å²) in [5.41, 5.74) is 5.79. The Hall–Kier alpha value is -2.53. The van der Waals surface area contributed by atoms with Crippen molar-refractivity contribution in [3.8, 4) is 0 Å². The van der Waals surface area contributed by atoms with Gasteiger partial charge in [-0.05, 0) is 56.2 Å². The van der Waals surface area contributed by atoms with Crippen LogP contribution in [0.25, 0.3) is 0 Å². The first kappa shape index (κ1) is 18.8. The molecule has 0 saturated carbocycles. The van der Waals surface area contributed by atoms with Gasteiger partial charge in [0.25, 0.3) is 0 Å². The highest BCUT2D eigenvalue weighted by atomic mass is 16.5. The summed E-state index contributed by atoms with van der Waals surface area (Å²) < 4.78 is 5.44. The molecule has 5 nitrogen and oxygen atoms in total. The lowest BCUT2D eigenvalue weighted by atomic mass is 9.90. The second kappa shape index (κ2) is 7.84. The molecular formula is C23H29N3O2. The maximum atomic E-state index is 12.2. The first-order valence-corrected chi connectivity index (χ1v) is 10.1. The molecular weight excluding hydrogens is 350 g/mol. The number of anilines is 3. The number of carbonyl (C=O) groups is 1. The van der Waals surface area contributed by atoms with Gasteiger partial charge in [0, 0.05) is 43.1 Å². The van der Waals surface area contributed by atoms with Gasteiger partial charge in [0.15, 0.2) is 0 Å². The number of hydrogen-bond acceptors (Lipinski definition) is 4. The Labute approximate surface area is 167 Å². The summed E-state index contributed by atoms with van der Waals surface area (Å²) in [5.74, 6) is 0.103. The number of nitrogens with zero attached hydrogens (tertiary/aromatic N) is 2. The van der Waals surface area contributed by atoms with Crippen LogP contribution < -0.4 is 15.1 Å². The summed E-state index contributed by atoms with van der Waals surface area (Å²) in [5, 5.41) is 3.70. The van der Waals surface area contributed by atoms with E-state index in [0.29, 0.717) is 0 Å². The van der Waals surface area contributed by atoms with E-state index in [2.05, 4.69) is 66.5 Å². The van der Waals surface area contributed by atoms with Crippen molar-refractivity contribution in [2.45, 2.75) is 39.3 Å². The molecule has 1 amide bonds. The number of aryl methyl sites for hydroxylation is 1. The van der Waals surface area contributed by atoms with E-state index in [0.717, 1.165) is 44.1 Å². The summed E-state index contributed by atoms with van der Waals surface area (Å²) in [6.45, 7) is 9.36. The van der Waals surface area contributed by atoms with Gasteiger partial charge in [-0.25, -0.2) is 0 Å². The molecule has 2 aromatic carbocycles. The van der Waals surface area contributed by atoms with Crippen molar-refractivity contribution in [1.29, 1.82) is 0 Å². The average Bonchev–Trinajstić information content (AvgIpc) is 2.69. The van der Waals surface area contributed by atoms with E-state index in [4.69, 9.17) is 4.74 Å². The Kier molecular flexibility index (Phi) is 5.27. The third kappa shape index (κ3) is 3.72. The highest BCUT2D eigenvalue weighted by Gasteiger charge is 2.32. The second-order valence-electron chi connectivity index (χ2n) is 7.88. The first-order chi connectivity index (χ1) is 13.5. The van der Waals surface area contributed by atoms with Gasteiger partial charge in [0.05, 0.1) is 19.3 Å². The maximum Gasteiger partial charge on any atom is 0.224 e. The number of ether oxygens (including phenoxy) is 1. The van der Waals surface area contributed by atoms with Gasteiger partial charge in [-0.15, -0.1) is 0 Å². The number of nitrogens with one attached hydrogen (secondary N) is 1. The smallest absolute Gasteiger partial charge is 0.224 e. The van der Waals surface area contributed by atoms with E-state index in [-0.39, 0.29) is 18.0 Å². The van der Waals surface area contributed by atoms with Crippen LogP contribution in [0.4, 0.5) is 17.1 Å². The lowest BCUT2D eigenvalue weighted by Crippen LogP contribution is -2.43. The molecule has 28 heavy (non-hydrogen) atoms. The van der Waals surface area contributed by atoms with Gasteiger partial charge < -0.3 is 19.9 Å². The number of fused-ring (bicyclic) bond motifs is 1. The summed E-state index contributed by atoms with van der Waals surface area (Å²) in [7, 11) is 0. The minimum atomic E-state index is 0.103. The van der Waals surface area contributed by atoms with Crippen molar-refractivity contribution in [2.75, 3.05) is 41.4 Å². The molecule has 1 saturated heterocycles. The Bertz CT molecular complexity index is 843. The van der Waals surface area contributed by atoms with Crippen LogP contribution in [0.3, 0.4) is 0 Å². The summed E-state index contributed by atoms with van der Waals surface area (Å²) in [6, 6.07) is 15.4. The minimum absolute atomic E-state index is 0.103. The Morgan fingerprint density at radius 1 is 1.11 bits per heavy atom. The highest BCUT2D eigenvalue weighted by Crippen LogP contribution is 2.39. The fourth-order valence-corrected chi connectivity index (χ4v) is 4.39. The Balaban J connectivity index is 1.56. The molecule has 2 heterocycles. The molecule has 1 fully saturated rings. The topological polar surface area (TPSA) is 44.8 Å². The van der Waals surface area contributed by atoms with Crippen LogP contribution in [0.5, 0.6) is 0 Å². The van der Waals surface area contributed by atoms with E-state index in [1.165, 1.54) is 16.8 Å². The molecule has 0 unspecified atom stereocenters. The predicted molar refractivity (Wildman–Crippen MR) is 114 cm³/mol. The molecule has 1 N–H and O–H groups in total. The van der Waals surface area contributed by atoms with E-state index >= 15 is 0 Å². The highest BCUT2D eigenvalue weighted by molar-refractivity contribution is 5.93. The molecule has 0 spiro atoms. The number of amides is 1. The maximum absolute atomic E-state index is 12.2. The molecule has 2 aromatic rings. The van der Waals surface area contributed by atoms with Crippen LogP contribution in [0, 0.1) is 6.92 Å². The average molecular weight is 380 g/mol. The van der Waals surface area contributed by atoms with Crippen molar-refractivity contribution in [2.24, 2.45) is 0 Å². The molecule has 4 rings (SSSR count). The predicted octanol–water partition coefficient (Wildman–Crippen LogP) is 4.13. The van der Waals surface area contributed by atoms with Gasteiger partial charge in [-0.1, -0.05) is 17.7 Å². The monoisotopic (exact) mass is 379 g/mol. The number of hydrogen-bond donors (Lipinski definition) is 1. The lowest BCUT2D eigenvalue weighted by molar-refractivity contribution is -0.117. The number of carbonyl (C=O) groups excluding carboxylic acids is 1. The molecule has 2 aliphatic heterocycles. The number of rotatable bonds is 3. The van der Waals surface area contributed by atoms with E-state index in [1.807, 2.05) is 4.90 Å². The van der Waals surface area contributed by atoms with Crippen molar-refractivity contribution in [3.05, 3.63) is 53.6 Å². The summed E-state index contributed by atoms with van der Waals surface area (Å²) in [4.78, 5) is 16.5. The van der Waals surface area contributed by atoms with E-state index in [1.54, 1.807) is 6.92 Å². The number of benzene rings is 2. The molecule has 2 atom stereocenters. The van der Waals surface area contributed by atoms with E-state index in [9.17, 15) is 4.79 Å². The van der Waals surface area contributed by atoms with Crippen molar-refractivity contribution in [1.82, 2.24) is 0 Å². The molecule has 0 bridgehead atoms. The van der Waals surface area contributed by atoms with Crippen molar-refractivity contribution < 1.29 is 9.53 Å². The summed E-state index contributed by atoms with van der Waals surface area (Å²) in [6.07, 6.45) is 0.890. The molecule has 5 heteroatoms. The molecule has 0 aliphatic carbocycles. The fraction of sp³-hybridized carbons (Fsp3) is 0.435. The van der Waals surface area contributed by atoms with Crippen LogP contribution in [0.15, 0.2) is 42.5 Å². The fourth-order valence-electron chi connectivity index (χ4n) is 4.39. The first-order valence-electron chi connectivity index (χ1n) is 10.1. The minimum Gasteiger partial charge on any atom is -0.378 e. The van der Waals surface area contributed by atoms with Crippen molar-refractivity contribution >= 4 is 23.0 Å². The van der Waals surface area contributed by atoms with Crippen LogP contribution in [0.2, 0.25) is 0 Å². The standard InChI is InChI=1S/C23H29N3O2/c1-16-4-9-23-21(14-16)22(15-17(2)26(23)18(3)27)24-19-5-7-20(8-6-19)25-10-12-28-13-11-25/h4-9,14,17,22,24H,10-13,15H2,1-3H3/t17-,22+/m0/s1. The largest absolute Gasteiger partial charge is 0.378 e. The summed E-state index contributed by atoms with van der Waals surface area (Å²) >= 11 is 0. The lowest BCUT2D eigenvalue weighted by Gasteiger charge is -2.39. The molecule has 148 valence electrons. The van der Waals surface area contributed by atoms with Gasteiger partial charge in [-0.3, -0.25) is 4.79 Å². The van der Waals surface area contributed by atoms with E-state index < -0.39 is 0 Å². The van der Waals surface area contributed by atoms with Crippen molar-refractivity contribution in [3.63, 3.8) is 0 Å². The van der Waals surface area contributed by atoms with Gasteiger partial charge in [-0.2, -0.15) is 0 Å². The van der Waals surface area contributed by atoms with Gasteiger partial charge in [0.2, 0.25) is 5.91 Å². The van der Waals surface area contributed by atoms with Gasteiger partial charge >= 0.3 is 0 Å². The molecule has 0 aromatic heterocycles. The van der Waals surface area contributed by atoms with Gasteiger partial charge in [0.1, 0.15) is 0 Å². The zero-order valence-corrected chi connectivity index (χ0v) is 16.9. The van der Waals surface area contributed by atoms with Crippen LogP contribution in [-0.2, 0) is 9.53 Å². The second-order valence-corrected chi connectivity index (χ2v) is 7.88. The molecule has 0 radical (unpaired) electrons. The van der Waals surface area contributed by atoms with Crippen LogP contribution >= 0.6 is 0 Å². The Morgan fingerprint density at radius 2 is 1.82 bits per heavy atom. The number of morpholine rings is 1. The Morgan fingerprint density at radius 3 is 2.50 bits per heavy atom. The normalized spacial score (nSPS) is 22.0. The quantitative estimate of drug-likeness (QED) is 0.871.